The molecule has 25 heavy (non-hydrogen) atoms. The Balaban J connectivity index is 1.60. The van der Waals surface area contributed by atoms with Crippen LogP contribution in [-0.2, 0) is 13.1 Å². The topological polar surface area (TPSA) is 58.5 Å². The van der Waals surface area contributed by atoms with Gasteiger partial charge in [-0.05, 0) is 43.9 Å². The van der Waals surface area contributed by atoms with Crippen LogP contribution in [-0.4, -0.2) is 24.1 Å². The highest BCUT2D eigenvalue weighted by atomic mass is 16.5. The van der Waals surface area contributed by atoms with Crippen LogP contribution in [0.2, 0.25) is 0 Å². The highest BCUT2D eigenvalue weighted by Gasteiger charge is 2.22. The molecule has 0 atom stereocenters. The van der Waals surface area contributed by atoms with E-state index < -0.39 is 0 Å². The Morgan fingerprint density at radius 2 is 2.00 bits per heavy atom. The maximum Gasteiger partial charge on any atom is 0.191 e. The molecule has 0 aliphatic heterocycles. The number of aromatic nitrogens is 1. The second-order valence-electron chi connectivity index (χ2n) is 6.23. The summed E-state index contributed by atoms with van der Waals surface area (Å²) in [6, 6.07) is 14.1. The third-order valence-electron chi connectivity index (χ3n) is 4.06. The van der Waals surface area contributed by atoms with Crippen molar-refractivity contribution in [3.8, 4) is 5.75 Å². The van der Waals surface area contributed by atoms with E-state index in [1.165, 1.54) is 12.8 Å². The van der Waals surface area contributed by atoms with Gasteiger partial charge in [-0.3, -0.25) is 4.98 Å². The van der Waals surface area contributed by atoms with E-state index in [2.05, 4.69) is 33.6 Å². The summed E-state index contributed by atoms with van der Waals surface area (Å²) in [5.74, 6) is 2.47. The van der Waals surface area contributed by atoms with Gasteiger partial charge < -0.3 is 15.4 Å². The predicted molar refractivity (Wildman–Crippen MR) is 101 cm³/mol. The fourth-order valence-corrected chi connectivity index (χ4v) is 2.45. The molecule has 2 aromatic rings. The number of para-hydroxylation sites is 1. The average molecular weight is 338 g/mol. The number of nitrogens with one attached hydrogen (secondary N) is 2. The molecule has 0 saturated heterocycles. The largest absolute Gasteiger partial charge is 0.493 e. The summed E-state index contributed by atoms with van der Waals surface area (Å²) in [6.45, 7) is 4.92. The minimum absolute atomic E-state index is 0.582. The third-order valence-corrected chi connectivity index (χ3v) is 4.06. The molecule has 0 unspecified atom stereocenters. The zero-order valence-corrected chi connectivity index (χ0v) is 14.7. The van der Waals surface area contributed by atoms with Crippen LogP contribution < -0.4 is 15.4 Å². The number of ether oxygens (including phenoxy) is 1. The minimum atomic E-state index is 0.582. The molecule has 3 rings (SSSR count). The molecule has 1 aliphatic rings. The molecule has 1 heterocycles. The molecule has 5 nitrogen and oxygen atoms in total. The molecule has 1 aromatic carbocycles. The van der Waals surface area contributed by atoms with E-state index in [4.69, 9.17) is 4.74 Å². The minimum Gasteiger partial charge on any atom is -0.493 e. The lowest BCUT2D eigenvalue weighted by molar-refractivity contribution is 0.297. The fraction of sp³-hybridized carbons (Fsp3) is 0.400. The van der Waals surface area contributed by atoms with Crippen molar-refractivity contribution < 1.29 is 4.74 Å². The highest BCUT2D eigenvalue weighted by Crippen LogP contribution is 2.30. The molecule has 1 aromatic heterocycles. The van der Waals surface area contributed by atoms with Crippen LogP contribution in [0.15, 0.2) is 53.7 Å². The summed E-state index contributed by atoms with van der Waals surface area (Å²) < 4.78 is 5.96. The van der Waals surface area contributed by atoms with Gasteiger partial charge in [0.1, 0.15) is 5.75 Å². The monoisotopic (exact) mass is 338 g/mol. The van der Waals surface area contributed by atoms with Gasteiger partial charge in [0.2, 0.25) is 0 Å². The maximum absolute atomic E-state index is 5.96. The SMILES string of the molecule is CCNC(=NCc1ccccc1OCC1CC1)NCc1ccccn1. The van der Waals surface area contributed by atoms with Crippen molar-refractivity contribution in [2.75, 3.05) is 13.2 Å². The molecule has 1 aliphatic carbocycles. The smallest absolute Gasteiger partial charge is 0.191 e. The van der Waals surface area contributed by atoms with Gasteiger partial charge in [0.15, 0.2) is 5.96 Å². The first kappa shape index (κ1) is 17.3. The number of benzene rings is 1. The molecule has 1 saturated carbocycles. The first-order valence-corrected chi connectivity index (χ1v) is 8.98. The molecule has 132 valence electrons. The van der Waals surface area contributed by atoms with Crippen LogP contribution in [0.3, 0.4) is 0 Å². The molecular formula is C20H26N4O. The van der Waals surface area contributed by atoms with Gasteiger partial charge in [0.25, 0.3) is 0 Å². The number of aliphatic imine (C=N–C) groups is 1. The van der Waals surface area contributed by atoms with Crippen LogP contribution in [0.4, 0.5) is 0 Å². The van der Waals surface area contributed by atoms with Gasteiger partial charge >= 0.3 is 0 Å². The number of hydrogen-bond acceptors (Lipinski definition) is 3. The third kappa shape index (κ3) is 5.78. The Kier molecular flexibility index (Phi) is 6.26. The Morgan fingerprint density at radius 3 is 2.76 bits per heavy atom. The lowest BCUT2D eigenvalue weighted by Gasteiger charge is -2.13. The van der Waals surface area contributed by atoms with E-state index in [0.29, 0.717) is 13.1 Å². The quantitative estimate of drug-likeness (QED) is 0.573. The van der Waals surface area contributed by atoms with Crippen LogP contribution in [0.1, 0.15) is 31.0 Å². The van der Waals surface area contributed by atoms with Crippen molar-refractivity contribution in [2.45, 2.75) is 32.9 Å². The molecular weight excluding hydrogens is 312 g/mol. The summed E-state index contributed by atoms with van der Waals surface area (Å²) in [6.07, 6.45) is 4.39. The second-order valence-corrected chi connectivity index (χ2v) is 6.23. The average Bonchev–Trinajstić information content (AvgIpc) is 3.48. The van der Waals surface area contributed by atoms with E-state index in [9.17, 15) is 0 Å². The van der Waals surface area contributed by atoms with Crippen molar-refractivity contribution in [1.29, 1.82) is 0 Å². The van der Waals surface area contributed by atoms with Crippen LogP contribution in [0, 0.1) is 5.92 Å². The molecule has 0 bridgehead atoms. The van der Waals surface area contributed by atoms with Crippen molar-refractivity contribution in [1.82, 2.24) is 15.6 Å². The van der Waals surface area contributed by atoms with Crippen molar-refractivity contribution >= 4 is 5.96 Å². The summed E-state index contributed by atoms with van der Waals surface area (Å²) in [5.41, 5.74) is 2.10. The van der Waals surface area contributed by atoms with E-state index in [0.717, 1.165) is 42.0 Å². The summed E-state index contributed by atoms with van der Waals surface area (Å²) in [7, 11) is 0. The Morgan fingerprint density at radius 1 is 1.16 bits per heavy atom. The predicted octanol–water partition coefficient (Wildman–Crippen LogP) is 3.13. The zero-order chi connectivity index (χ0) is 17.3. The Bertz CT molecular complexity index is 683. The number of pyridine rings is 1. The van der Waals surface area contributed by atoms with Gasteiger partial charge in [0, 0.05) is 18.3 Å². The summed E-state index contributed by atoms with van der Waals surface area (Å²) in [5, 5.41) is 6.60. The second kappa shape index (κ2) is 9.06. The molecule has 0 amide bonds. The van der Waals surface area contributed by atoms with Crippen LogP contribution in [0.25, 0.3) is 0 Å². The lowest BCUT2D eigenvalue weighted by atomic mass is 10.2. The standard InChI is InChI=1S/C20H26N4O/c1-2-21-20(24-14-18-8-5-6-12-22-18)23-13-17-7-3-4-9-19(17)25-15-16-10-11-16/h3-9,12,16H,2,10-11,13-15H2,1H3,(H2,21,23,24). The van der Waals surface area contributed by atoms with Crippen molar-refractivity contribution in [3.63, 3.8) is 0 Å². The van der Waals surface area contributed by atoms with Gasteiger partial charge in [-0.1, -0.05) is 24.3 Å². The number of rotatable bonds is 8. The maximum atomic E-state index is 5.96. The normalized spacial score (nSPS) is 14.2. The first-order valence-electron chi connectivity index (χ1n) is 8.98. The highest BCUT2D eigenvalue weighted by molar-refractivity contribution is 5.79. The molecule has 0 spiro atoms. The number of guanidine groups is 1. The Labute approximate surface area is 149 Å². The van der Waals surface area contributed by atoms with E-state index >= 15 is 0 Å². The van der Waals surface area contributed by atoms with Gasteiger partial charge in [-0.15, -0.1) is 0 Å². The summed E-state index contributed by atoms with van der Waals surface area (Å²) in [4.78, 5) is 9.01. The molecule has 5 heteroatoms. The lowest BCUT2D eigenvalue weighted by Crippen LogP contribution is -2.37. The van der Waals surface area contributed by atoms with E-state index in [-0.39, 0.29) is 0 Å². The molecule has 0 radical (unpaired) electrons. The summed E-state index contributed by atoms with van der Waals surface area (Å²) >= 11 is 0. The molecule has 2 N–H and O–H groups in total. The number of hydrogen-bond donors (Lipinski definition) is 2. The van der Waals surface area contributed by atoms with Gasteiger partial charge in [0.05, 0.1) is 25.4 Å². The number of nitrogens with zero attached hydrogens (tertiary/aromatic N) is 2. The van der Waals surface area contributed by atoms with Crippen molar-refractivity contribution in [3.05, 3.63) is 59.9 Å². The van der Waals surface area contributed by atoms with E-state index in [1.807, 2.05) is 36.4 Å². The van der Waals surface area contributed by atoms with Crippen molar-refractivity contribution in [2.24, 2.45) is 10.9 Å². The van der Waals surface area contributed by atoms with Crippen LogP contribution in [0.5, 0.6) is 5.75 Å². The molecule has 1 fully saturated rings. The first-order chi connectivity index (χ1) is 12.3. The van der Waals surface area contributed by atoms with Gasteiger partial charge in [-0.2, -0.15) is 0 Å². The fourth-order valence-electron chi connectivity index (χ4n) is 2.45. The van der Waals surface area contributed by atoms with Gasteiger partial charge in [-0.25, -0.2) is 4.99 Å². The van der Waals surface area contributed by atoms with E-state index in [1.54, 1.807) is 6.20 Å². The van der Waals surface area contributed by atoms with Crippen LogP contribution >= 0.6 is 0 Å². The Hall–Kier alpha value is -2.56. The zero-order valence-electron chi connectivity index (χ0n) is 14.7.